The Balaban J connectivity index is 2.27. The van der Waals surface area contributed by atoms with Gasteiger partial charge >= 0.3 is 0 Å². The molecule has 1 aliphatic carbocycles. The molecule has 0 amide bonds. The van der Waals surface area contributed by atoms with Crippen LogP contribution < -0.4 is 5.32 Å². The fourth-order valence-electron chi connectivity index (χ4n) is 2.26. The highest BCUT2D eigenvalue weighted by atomic mass is 14.9. The Morgan fingerprint density at radius 3 is 2.54 bits per heavy atom. The van der Waals surface area contributed by atoms with Crippen molar-refractivity contribution in [3.8, 4) is 0 Å². The molecule has 1 heteroatoms. The SMILES string of the molecule is CC(C)NCC1CCCCCC1C. The first kappa shape index (κ1) is 11.0. The van der Waals surface area contributed by atoms with Crippen molar-refractivity contribution in [2.75, 3.05) is 6.54 Å². The van der Waals surface area contributed by atoms with Crippen LogP contribution in [0.4, 0.5) is 0 Å². The molecule has 0 bridgehead atoms. The van der Waals surface area contributed by atoms with E-state index in [1.54, 1.807) is 0 Å². The number of rotatable bonds is 3. The molecule has 0 aromatic rings. The molecule has 0 aliphatic heterocycles. The third kappa shape index (κ3) is 4.12. The summed E-state index contributed by atoms with van der Waals surface area (Å²) in [6.45, 7) is 8.14. The zero-order valence-corrected chi connectivity index (χ0v) is 9.47. The number of nitrogens with one attached hydrogen (secondary N) is 1. The average molecular weight is 183 g/mol. The molecule has 1 fully saturated rings. The zero-order valence-electron chi connectivity index (χ0n) is 9.47. The summed E-state index contributed by atoms with van der Waals surface area (Å²) in [5.41, 5.74) is 0. The van der Waals surface area contributed by atoms with E-state index in [0.717, 1.165) is 11.8 Å². The van der Waals surface area contributed by atoms with Crippen LogP contribution in [0.5, 0.6) is 0 Å². The molecule has 0 radical (unpaired) electrons. The largest absolute Gasteiger partial charge is 0.314 e. The molecule has 2 atom stereocenters. The van der Waals surface area contributed by atoms with Crippen molar-refractivity contribution in [3.63, 3.8) is 0 Å². The quantitative estimate of drug-likeness (QED) is 0.663. The fourth-order valence-corrected chi connectivity index (χ4v) is 2.26. The normalized spacial score (nSPS) is 30.5. The minimum Gasteiger partial charge on any atom is -0.314 e. The molecule has 1 nitrogen and oxygen atoms in total. The van der Waals surface area contributed by atoms with Gasteiger partial charge in [-0.3, -0.25) is 0 Å². The highest BCUT2D eigenvalue weighted by Crippen LogP contribution is 2.27. The van der Waals surface area contributed by atoms with Crippen molar-refractivity contribution in [2.24, 2.45) is 11.8 Å². The summed E-state index contributed by atoms with van der Waals surface area (Å²) >= 11 is 0. The van der Waals surface area contributed by atoms with Crippen LogP contribution in [-0.4, -0.2) is 12.6 Å². The van der Waals surface area contributed by atoms with Gasteiger partial charge in [-0.2, -0.15) is 0 Å². The summed E-state index contributed by atoms with van der Waals surface area (Å²) in [6.07, 6.45) is 7.27. The molecule has 13 heavy (non-hydrogen) atoms. The minimum absolute atomic E-state index is 0.649. The number of hydrogen-bond donors (Lipinski definition) is 1. The molecule has 2 unspecified atom stereocenters. The van der Waals surface area contributed by atoms with Crippen molar-refractivity contribution < 1.29 is 0 Å². The Hall–Kier alpha value is -0.0400. The van der Waals surface area contributed by atoms with E-state index < -0.39 is 0 Å². The smallest absolute Gasteiger partial charge is 0.00104 e. The average Bonchev–Trinajstić information content (AvgIpc) is 2.27. The Morgan fingerprint density at radius 1 is 1.15 bits per heavy atom. The lowest BCUT2D eigenvalue weighted by Crippen LogP contribution is -2.31. The Kier molecular flexibility index (Phi) is 4.79. The van der Waals surface area contributed by atoms with Crippen molar-refractivity contribution in [2.45, 2.75) is 58.9 Å². The Bertz CT molecular complexity index is 131. The topological polar surface area (TPSA) is 12.0 Å². The third-order valence-electron chi connectivity index (χ3n) is 3.33. The van der Waals surface area contributed by atoms with Crippen molar-refractivity contribution in [3.05, 3.63) is 0 Å². The van der Waals surface area contributed by atoms with Gasteiger partial charge in [-0.15, -0.1) is 0 Å². The molecule has 1 aliphatic rings. The van der Waals surface area contributed by atoms with Gasteiger partial charge in [-0.1, -0.05) is 46.5 Å². The first-order valence-corrected chi connectivity index (χ1v) is 5.93. The summed E-state index contributed by atoms with van der Waals surface area (Å²) in [5.74, 6) is 1.87. The monoisotopic (exact) mass is 183 g/mol. The summed E-state index contributed by atoms with van der Waals surface area (Å²) in [4.78, 5) is 0. The van der Waals surface area contributed by atoms with Gasteiger partial charge < -0.3 is 5.32 Å². The van der Waals surface area contributed by atoms with Crippen LogP contribution in [0.2, 0.25) is 0 Å². The molecule has 0 saturated heterocycles. The minimum atomic E-state index is 0.649. The Morgan fingerprint density at radius 2 is 1.85 bits per heavy atom. The summed E-state index contributed by atoms with van der Waals surface area (Å²) < 4.78 is 0. The summed E-state index contributed by atoms with van der Waals surface area (Å²) in [7, 11) is 0. The van der Waals surface area contributed by atoms with Gasteiger partial charge in [0.1, 0.15) is 0 Å². The van der Waals surface area contributed by atoms with Crippen LogP contribution in [0, 0.1) is 11.8 Å². The number of hydrogen-bond acceptors (Lipinski definition) is 1. The van der Waals surface area contributed by atoms with E-state index >= 15 is 0 Å². The zero-order chi connectivity index (χ0) is 9.68. The van der Waals surface area contributed by atoms with Gasteiger partial charge in [0.15, 0.2) is 0 Å². The summed E-state index contributed by atoms with van der Waals surface area (Å²) in [5, 5.41) is 3.57. The maximum Gasteiger partial charge on any atom is 0.00104 e. The van der Waals surface area contributed by atoms with E-state index in [4.69, 9.17) is 0 Å². The third-order valence-corrected chi connectivity index (χ3v) is 3.33. The molecule has 1 rings (SSSR count). The van der Waals surface area contributed by atoms with E-state index in [-0.39, 0.29) is 0 Å². The van der Waals surface area contributed by atoms with Crippen LogP contribution in [-0.2, 0) is 0 Å². The van der Waals surface area contributed by atoms with Crippen LogP contribution in [0.3, 0.4) is 0 Å². The molecule has 78 valence electrons. The standard InChI is InChI=1S/C12H25N/c1-10(2)13-9-12-8-6-4-5-7-11(12)3/h10-13H,4-9H2,1-3H3. The molecule has 0 spiro atoms. The van der Waals surface area contributed by atoms with Crippen molar-refractivity contribution >= 4 is 0 Å². The van der Waals surface area contributed by atoms with E-state index in [0.29, 0.717) is 6.04 Å². The fraction of sp³-hybridized carbons (Fsp3) is 1.00. The van der Waals surface area contributed by atoms with Gasteiger partial charge in [0.25, 0.3) is 0 Å². The predicted molar refractivity (Wildman–Crippen MR) is 58.9 cm³/mol. The maximum atomic E-state index is 3.57. The predicted octanol–water partition coefficient (Wildman–Crippen LogP) is 3.20. The highest BCUT2D eigenvalue weighted by molar-refractivity contribution is 4.73. The van der Waals surface area contributed by atoms with E-state index in [1.807, 2.05) is 0 Å². The van der Waals surface area contributed by atoms with E-state index in [2.05, 4.69) is 26.1 Å². The van der Waals surface area contributed by atoms with Gasteiger partial charge in [0.05, 0.1) is 0 Å². The van der Waals surface area contributed by atoms with Crippen molar-refractivity contribution in [1.29, 1.82) is 0 Å². The van der Waals surface area contributed by atoms with Gasteiger partial charge in [-0.25, -0.2) is 0 Å². The van der Waals surface area contributed by atoms with E-state index in [9.17, 15) is 0 Å². The van der Waals surface area contributed by atoms with Crippen LogP contribution >= 0.6 is 0 Å². The van der Waals surface area contributed by atoms with Crippen LogP contribution in [0.1, 0.15) is 52.9 Å². The molecule has 1 saturated carbocycles. The first-order valence-electron chi connectivity index (χ1n) is 5.93. The second-order valence-corrected chi connectivity index (χ2v) is 4.94. The second kappa shape index (κ2) is 5.64. The lowest BCUT2D eigenvalue weighted by atomic mass is 9.89. The van der Waals surface area contributed by atoms with Gasteiger partial charge in [0, 0.05) is 6.04 Å². The molecule has 0 heterocycles. The molecule has 0 aromatic heterocycles. The lowest BCUT2D eigenvalue weighted by molar-refractivity contribution is 0.314. The molecule has 1 N–H and O–H groups in total. The highest BCUT2D eigenvalue weighted by Gasteiger charge is 2.19. The van der Waals surface area contributed by atoms with Gasteiger partial charge in [-0.05, 0) is 24.8 Å². The lowest BCUT2D eigenvalue weighted by Gasteiger charge is -2.22. The molecule has 0 aromatic carbocycles. The van der Waals surface area contributed by atoms with E-state index in [1.165, 1.54) is 38.6 Å². The first-order chi connectivity index (χ1) is 6.20. The van der Waals surface area contributed by atoms with Gasteiger partial charge in [0.2, 0.25) is 0 Å². The molecular formula is C12H25N. The van der Waals surface area contributed by atoms with Crippen molar-refractivity contribution in [1.82, 2.24) is 5.32 Å². The maximum absolute atomic E-state index is 3.57. The van der Waals surface area contributed by atoms with Crippen LogP contribution in [0.25, 0.3) is 0 Å². The Labute approximate surface area is 83.3 Å². The summed E-state index contributed by atoms with van der Waals surface area (Å²) in [6, 6.07) is 0.649. The van der Waals surface area contributed by atoms with Crippen LogP contribution in [0.15, 0.2) is 0 Å². The molecular weight excluding hydrogens is 158 g/mol. The second-order valence-electron chi connectivity index (χ2n) is 4.94.